The van der Waals surface area contributed by atoms with Crippen LogP contribution in [-0.4, -0.2) is 34.7 Å². The van der Waals surface area contributed by atoms with Crippen LogP contribution in [0.4, 0.5) is 0 Å². The van der Waals surface area contributed by atoms with Gasteiger partial charge in [-0.3, -0.25) is 0 Å². The van der Waals surface area contributed by atoms with Crippen LogP contribution in [-0.2, 0) is 19.9 Å². The average Bonchev–Trinajstić information content (AvgIpc) is 2.37. The number of sulfone groups is 1. The molecule has 0 heterocycles. The number of benzene rings is 1. The van der Waals surface area contributed by atoms with Crippen molar-refractivity contribution in [3.05, 3.63) is 29.8 Å². The summed E-state index contributed by atoms with van der Waals surface area (Å²) in [5, 5.41) is 0. The van der Waals surface area contributed by atoms with Gasteiger partial charge in [-0.15, -0.1) is 11.6 Å². The summed E-state index contributed by atoms with van der Waals surface area (Å²) in [7, 11) is -6.61. The molecular formula is C13H20ClNO4S2. The van der Waals surface area contributed by atoms with Gasteiger partial charge in [0.25, 0.3) is 0 Å². The number of rotatable bonds is 8. The van der Waals surface area contributed by atoms with E-state index in [0.29, 0.717) is 24.3 Å². The lowest BCUT2D eigenvalue weighted by molar-refractivity contribution is 0.563. The Morgan fingerprint density at radius 2 is 1.67 bits per heavy atom. The van der Waals surface area contributed by atoms with Crippen LogP contribution in [0, 0.1) is 0 Å². The number of unbranched alkanes of at least 4 members (excludes halogenated alkanes) is 1. The van der Waals surface area contributed by atoms with E-state index in [2.05, 4.69) is 4.72 Å². The highest BCUT2D eigenvalue weighted by Gasteiger charge is 2.16. The van der Waals surface area contributed by atoms with Crippen molar-refractivity contribution in [1.29, 1.82) is 0 Å². The molecule has 0 amide bonds. The van der Waals surface area contributed by atoms with Crippen LogP contribution in [0.1, 0.15) is 31.4 Å². The Morgan fingerprint density at radius 1 is 1.10 bits per heavy atom. The summed E-state index contributed by atoms with van der Waals surface area (Å²) in [6, 6.07) is 5.76. The molecular weight excluding hydrogens is 334 g/mol. The van der Waals surface area contributed by atoms with E-state index in [4.69, 9.17) is 11.6 Å². The van der Waals surface area contributed by atoms with E-state index < -0.39 is 25.9 Å². The molecule has 1 aromatic carbocycles. The normalized spacial score (nSPS) is 14.0. The van der Waals surface area contributed by atoms with E-state index in [9.17, 15) is 16.8 Å². The van der Waals surface area contributed by atoms with Gasteiger partial charge in [0.05, 0.1) is 10.6 Å². The maximum atomic E-state index is 11.9. The average molecular weight is 354 g/mol. The van der Waals surface area contributed by atoms with Crippen molar-refractivity contribution in [2.24, 2.45) is 0 Å². The van der Waals surface area contributed by atoms with Crippen LogP contribution >= 0.6 is 11.6 Å². The summed E-state index contributed by atoms with van der Waals surface area (Å²) >= 11 is 5.52. The summed E-state index contributed by atoms with van der Waals surface area (Å²) in [6.07, 6.45) is 2.30. The van der Waals surface area contributed by atoms with Crippen LogP contribution in [0.25, 0.3) is 0 Å². The predicted octanol–water partition coefficient (Wildman–Crippen LogP) is 2.09. The van der Waals surface area contributed by atoms with Gasteiger partial charge < -0.3 is 0 Å². The zero-order valence-corrected chi connectivity index (χ0v) is 14.4. The Labute approximate surface area is 131 Å². The molecule has 5 nitrogen and oxygen atoms in total. The first kappa shape index (κ1) is 18.4. The largest absolute Gasteiger partial charge is 0.224 e. The van der Waals surface area contributed by atoms with Gasteiger partial charge in [0.1, 0.15) is 0 Å². The van der Waals surface area contributed by atoms with Crippen LogP contribution in [0.15, 0.2) is 29.2 Å². The molecule has 0 fully saturated rings. The van der Waals surface area contributed by atoms with Crippen LogP contribution in [0.5, 0.6) is 0 Å². The second-order valence-corrected chi connectivity index (χ2v) is 9.16. The van der Waals surface area contributed by atoms with Gasteiger partial charge in [-0.25, -0.2) is 21.6 Å². The quantitative estimate of drug-likeness (QED) is 0.573. The van der Waals surface area contributed by atoms with E-state index in [0.717, 1.165) is 6.26 Å². The molecule has 0 radical (unpaired) electrons. The third kappa shape index (κ3) is 6.34. The molecule has 1 unspecified atom stereocenters. The predicted molar refractivity (Wildman–Crippen MR) is 84.8 cm³/mol. The third-order valence-electron chi connectivity index (χ3n) is 2.96. The zero-order valence-electron chi connectivity index (χ0n) is 12.0. The van der Waals surface area contributed by atoms with Crippen LogP contribution in [0.2, 0.25) is 0 Å². The van der Waals surface area contributed by atoms with Crippen molar-refractivity contribution >= 4 is 31.5 Å². The van der Waals surface area contributed by atoms with Crippen molar-refractivity contribution in [3.63, 3.8) is 0 Å². The van der Waals surface area contributed by atoms with Crippen molar-refractivity contribution in [3.8, 4) is 0 Å². The summed E-state index contributed by atoms with van der Waals surface area (Å²) < 4.78 is 49.0. The van der Waals surface area contributed by atoms with E-state index in [1.807, 2.05) is 0 Å². The summed E-state index contributed by atoms with van der Waals surface area (Å²) in [6.45, 7) is 1.72. The Hall–Kier alpha value is -0.630. The summed E-state index contributed by atoms with van der Waals surface area (Å²) in [5.41, 5.74) is 0.711. The van der Waals surface area contributed by atoms with Gasteiger partial charge in [0.2, 0.25) is 10.0 Å². The van der Waals surface area contributed by atoms with E-state index >= 15 is 0 Å². The van der Waals surface area contributed by atoms with Crippen molar-refractivity contribution in [1.82, 2.24) is 4.72 Å². The van der Waals surface area contributed by atoms with Gasteiger partial charge in [-0.2, -0.15) is 0 Å². The second-order valence-electron chi connectivity index (χ2n) is 4.90. The number of alkyl halides is 1. The van der Waals surface area contributed by atoms with Gasteiger partial charge in [0, 0.05) is 18.2 Å². The molecule has 8 heteroatoms. The number of hydrogen-bond acceptors (Lipinski definition) is 4. The highest BCUT2D eigenvalue weighted by molar-refractivity contribution is 7.90. The molecule has 0 aliphatic rings. The Morgan fingerprint density at radius 3 is 2.14 bits per heavy atom. The Kier molecular flexibility index (Phi) is 6.65. The fourth-order valence-electron chi connectivity index (χ4n) is 1.79. The monoisotopic (exact) mass is 353 g/mol. The lowest BCUT2D eigenvalue weighted by Gasteiger charge is -2.15. The summed E-state index contributed by atoms with van der Waals surface area (Å²) in [4.78, 5) is 0.211. The molecule has 1 N–H and O–H groups in total. The lowest BCUT2D eigenvalue weighted by atomic mass is 10.1. The molecule has 1 aromatic rings. The van der Waals surface area contributed by atoms with Gasteiger partial charge in [-0.05, 0) is 37.5 Å². The molecule has 0 bridgehead atoms. The fraction of sp³-hybridized carbons (Fsp3) is 0.538. The standard InChI is InChI=1S/C13H20ClNO4S2/c1-11(15-21(18,19)10-4-3-9-14)12-5-7-13(8-6-12)20(2,16)17/h5-8,11,15H,3-4,9-10H2,1-2H3. The van der Waals surface area contributed by atoms with Gasteiger partial charge in [-0.1, -0.05) is 12.1 Å². The molecule has 0 aromatic heterocycles. The molecule has 0 aliphatic heterocycles. The molecule has 1 atom stereocenters. The highest BCUT2D eigenvalue weighted by Crippen LogP contribution is 2.17. The summed E-state index contributed by atoms with van der Waals surface area (Å²) in [5.74, 6) is 0.476. The molecule has 0 saturated heterocycles. The highest BCUT2D eigenvalue weighted by atomic mass is 35.5. The van der Waals surface area contributed by atoms with Crippen LogP contribution in [0.3, 0.4) is 0 Å². The van der Waals surface area contributed by atoms with Crippen molar-refractivity contribution in [2.45, 2.75) is 30.7 Å². The Bertz CT molecular complexity index is 654. The maximum absolute atomic E-state index is 11.9. The molecule has 120 valence electrons. The van der Waals surface area contributed by atoms with E-state index in [-0.39, 0.29) is 10.6 Å². The van der Waals surface area contributed by atoms with Crippen molar-refractivity contribution < 1.29 is 16.8 Å². The van der Waals surface area contributed by atoms with Gasteiger partial charge in [0.15, 0.2) is 9.84 Å². The topological polar surface area (TPSA) is 80.3 Å². The third-order valence-corrected chi connectivity index (χ3v) is 5.90. The second kappa shape index (κ2) is 7.58. The van der Waals surface area contributed by atoms with E-state index in [1.165, 1.54) is 12.1 Å². The number of sulfonamides is 1. The number of halogens is 1. The van der Waals surface area contributed by atoms with Crippen LogP contribution < -0.4 is 4.72 Å². The van der Waals surface area contributed by atoms with Gasteiger partial charge >= 0.3 is 0 Å². The first-order chi connectivity index (χ1) is 9.65. The molecule has 0 saturated carbocycles. The molecule has 1 rings (SSSR count). The molecule has 0 aliphatic carbocycles. The molecule has 21 heavy (non-hydrogen) atoms. The first-order valence-electron chi connectivity index (χ1n) is 6.52. The number of hydrogen-bond donors (Lipinski definition) is 1. The zero-order chi connectivity index (χ0) is 16.1. The minimum Gasteiger partial charge on any atom is -0.224 e. The minimum atomic E-state index is -3.37. The SMILES string of the molecule is CC(NS(=O)(=O)CCCCCl)c1ccc(S(C)(=O)=O)cc1. The number of nitrogens with one attached hydrogen (secondary N) is 1. The Balaban J connectivity index is 2.73. The maximum Gasteiger partial charge on any atom is 0.212 e. The van der Waals surface area contributed by atoms with E-state index in [1.54, 1.807) is 19.1 Å². The minimum absolute atomic E-state index is 0.0332. The first-order valence-corrected chi connectivity index (χ1v) is 10.6. The fourth-order valence-corrected chi connectivity index (χ4v) is 3.98. The lowest BCUT2D eigenvalue weighted by Crippen LogP contribution is -2.29. The smallest absolute Gasteiger partial charge is 0.212 e. The molecule has 0 spiro atoms. The van der Waals surface area contributed by atoms with Crippen molar-refractivity contribution in [2.75, 3.05) is 17.9 Å².